The van der Waals surface area contributed by atoms with Crippen molar-refractivity contribution in [1.29, 1.82) is 16.1 Å². The molecular weight excluding hydrogens is 725 g/mol. The number of methoxy groups -OCH3 is 1. The lowest BCUT2D eigenvalue weighted by atomic mass is 10.1. The molecule has 40 heavy (non-hydrogen) atoms. The average molecular weight is 753 g/mol. The molecule has 0 unspecified atom stereocenters. The van der Waals surface area contributed by atoms with Crippen molar-refractivity contribution in [2.75, 3.05) is 26.9 Å². The van der Waals surface area contributed by atoms with Gasteiger partial charge in [0.05, 0.1) is 24.8 Å². The molecule has 3 rings (SSSR count). The van der Waals surface area contributed by atoms with E-state index < -0.39 is 17.5 Å². The molecule has 0 bridgehead atoms. The van der Waals surface area contributed by atoms with Gasteiger partial charge in [0.25, 0.3) is 0 Å². The normalized spacial score (nSPS) is 9.43. The third-order valence-electron chi connectivity index (χ3n) is 4.40. The summed E-state index contributed by atoms with van der Waals surface area (Å²) < 4.78 is 45.5. The van der Waals surface area contributed by atoms with Crippen LogP contribution in [0.3, 0.4) is 0 Å². The summed E-state index contributed by atoms with van der Waals surface area (Å²) in [5, 5.41) is 39.4. The number of nitrogens with one attached hydrogen (secondary N) is 2. The SMILES string of the molecule is COC(=N)c1ccc(Br)cc1F.N#Cc1ccc(Br)cc1F.N=C(CCCO)c1ccc(Br)cc1F.NCCO. The predicted molar refractivity (Wildman–Crippen MR) is 160 cm³/mol. The summed E-state index contributed by atoms with van der Waals surface area (Å²) in [5.41, 5.74) is 5.55. The summed E-state index contributed by atoms with van der Waals surface area (Å²) in [5.74, 6) is -1.52. The summed E-state index contributed by atoms with van der Waals surface area (Å²) in [6, 6.07) is 15.1. The maximum atomic E-state index is 13.3. The van der Waals surface area contributed by atoms with E-state index in [1.54, 1.807) is 30.3 Å². The maximum absolute atomic E-state index is 13.3. The Bertz CT molecular complexity index is 1290. The summed E-state index contributed by atoms with van der Waals surface area (Å²) in [6.45, 7) is 0.501. The molecule has 0 atom stereocenters. The Morgan fingerprint density at radius 2 is 1.30 bits per heavy atom. The third kappa shape index (κ3) is 14.7. The van der Waals surface area contributed by atoms with Crippen molar-refractivity contribution in [1.82, 2.24) is 0 Å². The Labute approximate surface area is 256 Å². The molecule has 3 aromatic carbocycles. The van der Waals surface area contributed by atoms with E-state index >= 15 is 0 Å². The van der Waals surface area contributed by atoms with Gasteiger partial charge in [-0.25, -0.2) is 13.2 Å². The molecule has 0 aliphatic heterocycles. The zero-order valence-electron chi connectivity index (χ0n) is 21.3. The minimum absolute atomic E-state index is 0.0283. The highest BCUT2D eigenvalue weighted by molar-refractivity contribution is 9.11. The van der Waals surface area contributed by atoms with E-state index in [1.165, 1.54) is 37.4 Å². The van der Waals surface area contributed by atoms with Crippen molar-refractivity contribution in [2.45, 2.75) is 12.8 Å². The van der Waals surface area contributed by atoms with Crippen LogP contribution in [0, 0.1) is 39.6 Å². The van der Waals surface area contributed by atoms with Crippen molar-refractivity contribution < 1.29 is 28.1 Å². The van der Waals surface area contributed by atoms with Crippen LogP contribution in [0.15, 0.2) is 68.0 Å². The van der Waals surface area contributed by atoms with Crippen LogP contribution < -0.4 is 5.73 Å². The lowest BCUT2D eigenvalue weighted by molar-refractivity contribution is 0.291. The van der Waals surface area contributed by atoms with Gasteiger partial charge in [-0.1, -0.05) is 47.8 Å². The highest BCUT2D eigenvalue weighted by Gasteiger charge is 2.08. The molecule has 0 aromatic heterocycles. The number of aliphatic hydroxyl groups excluding tert-OH is 2. The number of aliphatic hydroxyl groups is 2. The molecule has 0 radical (unpaired) electrons. The van der Waals surface area contributed by atoms with Gasteiger partial charge in [-0.3, -0.25) is 5.41 Å². The summed E-state index contributed by atoms with van der Waals surface area (Å²) in [7, 11) is 1.34. The van der Waals surface area contributed by atoms with E-state index in [9.17, 15) is 13.2 Å². The van der Waals surface area contributed by atoms with Crippen LogP contribution in [0.4, 0.5) is 13.2 Å². The molecule has 0 spiro atoms. The smallest absolute Gasteiger partial charge is 0.215 e. The molecule has 0 saturated heterocycles. The van der Waals surface area contributed by atoms with Gasteiger partial charge in [-0.2, -0.15) is 5.26 Å². The van der Waals surface area contributed by atoms with E-state index in [2.05, 4.69) is 52.5 Å². The van der Waals surface area contributed by atoms with Crippen molar-refractivity contribution in [3.63, 3.8) is 0 Å². The van der Waals surface area contributed by atoms with Gasteiger partial charge in [-0.15, -0.1) is 0 Å². The number of benzene rings is 3. The minimum atomic E-state index is -0.489. The first-order valence-electron chi connectivity index (χ1n) is 11.3. The summed E-state index contributed by atoms with van der Waals surface area (Å²) in [6.07, 6.45) is 0.892. The van der Waals surface area contributed by atoms with E-state index in [-0.39, 0.29) is 36.0 Å². The average Bonchev–Trinajstić information content (AvgIpc) is 2.92. The summed E-state index contributed by atoms with van der Waals surface area (Å²) in [4.78, 5) is 0. The van der Waals surface area contributed by atoms with Crippen LogP contribution in [-0.2, 0) is 4.74 Å². The zero-order chi connectivity index (χ0) is 30.7. The molecule has 0 heterocycles. The number of nitrogens with two attached hydrogens (primary N) is 1. The highest BCUT2D eigenvalue weighted by Crippen LogP contribution is 2.17. The van der Waals surface area contributed by atoms with Gasteiger partial charge in [0.1, 0.15) is 23.5 Å². The van der Waals surface area contributed by atoms with Crippen LogP contribution in [0.1, 0.15) is 29.5 Å². The number of ether oxygens (including phenoxy) is 1. The molecule has 7 nitrogen and oxygen atoms in total. The van der Waals surface area contributed by atoms with Gasteiger partial charge in [0, 0.05) is 37.8 Å². The molecule has 13 heteroatoms. The third-order valence-corrected chi connectivity index (χ3v) is 5.88. The van der Waals surface area contributed by atoms with Crippen LogP contribution in [0.2, 0.25) is 0 Å². The number of hydrogen-bond acceptors (Lipinski definition) is 7. The minimum Gasteiger partial charge on any atom is -0.481 e. The molecule has 0 aliphatic rings. The molecule has 216 valence electrons. The molecule has 3 aromatic rings. The van der Waals surface area contributed by atoms with Gasteiger partial charge in [0.15, 0.2) is 0 Å². The zero-order valence-corrected chi connectivity index (χ0v) is 26.1. The second-order valence-electron chi connectivity index (χ2n) is 7.34. The Morgan fingerprint density at radius 3 is 1.68 bits per heavy atom. The maximum Gasteiger partial charge on any atom is 0.215 e. The van der Waals surface area contributed by atoms with Crippen LogP contribution in [-0.4, -0.2) is 48.7 Å². The molecule has 0 aliphatic carbocycles. The standard InChI is InChI=1S/C10H11BrFNO.C8H7BrFNO.C7H3BrFN.C2H7NO/c11-7-3-4-8(9(12)6-7)10(13)2-1-5-14;1-12-8(11)6-3-2-5(9)4-7(6)10;8-6-2-1-5(4-10)7(9)3-6;3-1-2-4/h3-4,6,13-14H,1-2,5H2;2-4,11H,1H3;1-3H;4H,1-3H2. The first kappa shape index (κ1) is 37.4. The molecule has 0 fully saturated rings. The number of hydrogen-bond donors (Lipinski definition) is 5. The Kier molecular flexibility index (Phi) is 19.8. The van der Waals surface area contributed by atoms with Gasteiger partial charge < -0.3 is 26.1 Å². The van der Waals surface area contributed by atoms with E-state index in [1.807, 2.05) is 0 Å². The number of halogens is 6. The quantitative estimate of drug-likeness (QED) is 0.141. The van der Waals surface area contributed by atoms with Gasteiger partial charge in [0.2, 0.25) is 5.90 Å². The van der Waals surface area contributed by atoms with Crippen LogP contribution in [0.25, 0.3) is 0 Å². The van der Waals surface area contributed by atoms with Crippen LogP contribution in [0.5, 0.6) is 0 Å². The van der Waals surface area contributed by atoms with E-state index in [0.717, 1.165) is 0 Å². The Hall–Kier alpha value is -2.60. The second kappa shape index (κ2) is 21.2. The number of rotatable bonds is 6. The Balaban J connectivity index is 0.000000540. The number of nitrogens with zero attached hydrogens (tertiary/aromatic N) is 1. The highest BCUT2D eigenvalue weighted by atomic mass is 79.9. The second-order valence-corrected chi connectivity index (χ2v) is 10.1. The molecular formula is C27H28Br3F3N4O3. The fourth-order valence-electron chi connectivity index (χ4n) is 2.49. The van der Waals surface area contributed by atoms with E-state index in [4.69, 9.17) is 32.0 Å². The number of nitriles is 1. The lowest BCUT2D eigenvalue weighted by Gasteiger charge is -2.04. The first-order chi connectivity index (χ1) is 18.9. The Morgan fingerprint density at radius 1 is 0.850 bits per heavy atom. The van der Waals surface area contributed by atoms with E-state index in [0.29, 0.717) is 38.4 Å². The van der Waals surface area contributed by atoms with Crippen molar-refractivity contribution in [3.8, 4) is 6.07 Å². The lowest BCUT2D eigenvalue weighted by Crippen LogP contribution is -2.03. The largest absolute Gasteiger partial charge is 0.481 e. The monoisotopic (exact) mass is 750 g/mol. The van der Waals surface area contributed by atoms with Crippen LogP contribution >= 0.6 is 47.8 Å². The van der Waals surface area contributed by atoms with Crippen molar-refractivity contribution in [3.05, 3.63) is 102 Å². The van der Waals surface area contributed by atoms with Gasteiger partial charge >= 0.3 is 0 Å². The summed E-state index contributed by atoms with van der Waals surface area (Å²) >= 11 is 9.34. The first-order valence-corrected chi connectivity index (χ1v) is 13.7. The molecule has 0 amide bonds. The predicted octanol–water partition coefficient (Wildman–Crippen LogP) is 6.69. The fourth-order valence-corrected chi connectivity index (χ4v) is 3.49. The van der Waals surface area contributed by atoms with Gasteiger partial charge in [-0.05, 0) is 67.4 Å². The van der Waals surface area contributed by atoms with Crippen molar-refractivity contribution >= 4 is 59.4 Å². The molecule has 0 saturated carbocycles. The topological polar surface area (TPSA) is 147 Å². The van der Waals surface area contributed by atoms with Crippen molar-refractivity contribution in [2.24, 2.45) is 5.73 Å². The fraction of sp³-hybridized carbons (Fsp3) is 0.222. The molecule has 6 N–H and O–H groups in total.